The maximum Gasteiger partial charge on any atom is 0.271 e. The van der Waals surface area contributed by atoms with Gasteiger partial charge in [-0.05, 0) is 6.07 Å². The van der Waals surface area contributed by atoms with Gasteiger partial charge in [0.25, 0.3) is 12.1 Å². The van der Waals surface area contributed by atoms with Gasteiger partial charge < -0.3 is 15.0 Å². The molecule has 1 aromatic carbocycles. The Kier molecular flexibility index (Phi) is 4.08. The molecule has 2 N–H and O–H groups in total. The monoisotopic (exact) mass is 286 g/mol. The van der Waals surface area contributed by atoms with E-state index in [1.807, 2.05) is 0 Å². The van der Waals surface area contributed by atoms with Gasteiger partial charge in [0.05, 0.1) is 29.1 Å². The maximum absolute atomic E-state index is 12.5. The van der Waals surface area contributed by atoms with Crippen molar-refractivity contribution in [2.24, 2.45) is 0 Å². The van der Waals surface area contributed by atoms with Crippen LogP contribution in [0, 0.1) is 10.1 Å². The second-order valence-corrected chi connectivity index (χ2v) is 4.08. The molecule has 108 valence electrons. The Hall–Kier alpha value is -2.29. The quantitative estimate of drug-likeness (QED) is 0.620. The second kappa shape index (κ2) is 5.78. The molecule has 0 spiro atoms. The van der Waals surface area contributed by atoms with Crippen LogP contribution in [0.1, 0.15) is 0 Å². The van der Waals surface area contributed by atoms with E-state index in [-0.39, 0.29) is 24.8 Å². The molecule has 0 unspecified atom stereocenters. The van der Waals surface area contributed by atoms with Crippen molar-refractivity contribution in [3.63, 3.8) is 0 Å². The summed E-state index contributed by atoms with van der Waals surface area (Å²) in [5.74, 6) is 0.148. The summed E-state index contributed by atoms with van der Waals surface area (Å²) in [5.41, 5.74) is 0.699. The number of fused-ring (bicyclic) bond motifs is 1. The highest BCUT2D eigenvalue weighted by Crippen LogP contribution is 2.22. The number of H-pyrrole nitrogens is 1. The molecule has 0 saturated carbocycles. The number of anilines is 1. The molecule has 0 bridgehead atoms. The van der Waals surface area contributed by atoms with Gasteiger partial charge in [0.1, 0.15) is 0 Å². The first-order chi connectivity index (χ1) is 9.51. The van der Waals surface area contributed by atoms with Gasteiger partial charge in [-0.15, -0.1) is 0 Å². The number of nitrogens with one attached hydrogen (secondary N) is 1. The molecule has 0 amide bonds. The Balaban J connectivity index is 2.35. The molecule has 2 rings (SSSR count). The van der Waals surface area contributed by atoms with Crippen molar-refractivity contribution in [2.75, 3.05) is 24.6 Å². The van der Waals surface area contributed by atoms with Crippen molar-refractivity contribution < 1.29 is 18.8 Å². The van der Waals surface area contributed by atoms with E-state index in [0.717, 1.165) is 0 Å². The molecule has 1 aromatic heterocycles. The number of rotatable bonds is 6. The minimum absolute atomic E-state index is 0.00768. The summed E-state index contributed by atoms with van der Waals surface area (Å²) in [7, 11) is 0. The van der Waals surface area contributed by atoms with E-state index in [9.17, 15) is 18.9 Å². The van der Waals surface area contributed by atoms with Gasteiger partial charge in [-0.25, -0.2) is 13.8 Å². The molecule has 0 aliphatic carbocycles. The van der Waals surface area contributed by atoms with Gasteiger partial charge in [-0.2, -0.15) is 0 Å². The van der Waals surface area contributed by atoms with Crippen molar-refractivity contribution in [1.29, 1.82) is 0 Å². The molecule has 9 heteroatoms. The zero-order valence-electron chi connectivity index (χ0n) is 10.3. The minimum atomic E-state index is -2.58. The van der Waals surface area contributed by atoms with Crippen LogP contribution in [-0.4, -0.2) is 46.1 Å². The summed E-state index contributed by atoms with van der Waals surface area (Å²) in [5, 5.41) is 19.5. The van der Waals surface area contributed by atoms with E-state index in [1.54, 1.807) is 0 Å². The summed E-state index contributed by atoms with van der Waals surface area (Å²) in [6.07, 6.45) is -2.58. The third-order valence-corrected chi connectivity index (χ3v) is 2.69. The number of imidazole rings is 1. The zero-order chi connectivity index (χ0) is 14.7. The first kappa shape index (κ1) is 14.1. The van der Waals surface area contributed by atoms with Crippen LogP contribution in [-0.2, 0) is 0 Å². The molecule has 0 fully saturated rings. The number of nitrogens with zero attached hydrogens (tertiary/aromatic N) is 3. The van der Waals surface area contributed by atoms with E-state index < -0.39 is 17.9 Å². The lowest BCUT2D eigenvalue weighted by atomic mass is 10.3. The Labute approximate surface area is 112 Å². The number of halogens is 2. The standard InChI is InChI=1S/C11H12F2N4O3/c12-10(13)6-16(3-4-18)11-14-8-2-1-7(17(19)20)5-9(8)15-11/h1-2,5,10,18H,3-4,6H2,(H,14,15). The molecule has 0 atom stereocenters. The highest BCUT2D eigenvalue weighted by molar-refractivity contribution is 5.80. The number of hydrogen-bond donors (Lipinski definition) is 2. The summed E-state index contributed by atoms with van der Waals surface area (Å²) in [6.45, 7) is -0.890. The van der Waals surface area contributed by atoms with Crippen molar-refractivity contribution in [2.45, 2.75) is 6.43 Å². The minimum Gasteiger partial charge on any atom is -0.395 e. The fourth-order valence-corrected chi connectivity index (χ4v) is 1.82. The van der Waals surface area contributed by atoms with Crippen LogP contribution < -0.4 is 4.90 Å². The summed E-state index contributed by atoms with van der Waals surface area (Å²) < 4.78 is 24.9. The number of alkyl halides is 2. The van der Waals surface area contributed by atoms with E-state index in [1.165, 1.54) is 23.1 Å². The van der Waals surface area contributed by atoms with Crippen LogP contribution in [0.15, 0.2) is 18.2 Å². The average Bonchev–Trinajstić information content (AvgIpc) is 2.80. The number of aromatic nitrogens is 2. The Morgan fingerprint density at radius 2 is 2.25 bits per heavy atom. The van der Waals surface area contributed by atoms with Crippen LogP contribution in [0.4, 0.5) is 20.4 Å². The summed E-state index contributed by atoms with van der Waals surface area (Å²) in [4.78, 5) is 18.1. The van der Waals surface area contributed by atoms with Crippen molar-refractivity contribution in [3.05, 3.63) is 28.3 Å². The molecular formula is C11H12F2N4O3. The lowest BCUT2D eigenvalue weighted by Gasteiger charge is -2.19. The molecule has 1 heterocycles. The van der Waals surface area contributed by atoms with E-state index in [0.29, 0.717) is 11.0 Å². The number of benzene rings is 1. The van der Waals surface area contributed by atoms with Crippen LogP contribution >= 0.6 is 0 Å². The normalized spacial score (nSPS) is 11.2. The molecular weight excluding hydrogens is 274 g/mol. The lowest BCUT2D eigenvalue weighted by Crippen LogP contribution is -2.32. The summed E-state index contributed by atoms with van der Waals surface area (Å²) >= 11 is 0. The third kappa shape index (κ3) is 2.99. The Bertz CT molecular complexity index is 617. The fourth-order valence-electron chi connectivity index (χ4n) is 1.82. The average molecular weight is 286 g/mol. The van der Waals surface area contributed by atoms with Gasteiger partial charge in [0, 0.05) is 18.7 Å². The number of non-ortho nitro benzene ring substituents is 1. The maximum atomic E-state index is 12.5. The first-order valence-electron chi connectivity index (χ1n) is 5.79. The zero-order valence-corrected chi connectivity index (χ0v) is 10.3. The molecule has 0 aliphatic heterocycles. The number of aromatic amines is 1. The SMILES string of the molecule is O=[N+]([O-])c1ccc2nc(N(CCO)CC(F)F)[nH]c2c1. The van der Waals surface area contributed by atoms with Gasteiger partial charge in [0.2, 0.25) is 5.95 Å². The third-order valence-electron chi connectivity index (χ3n) is 2.69. The molecule has 0 radical (unpaired) electrons. The van der Waals surface area contributed by atoms with Crippen LogP contribution in [0.5, 0.6) is 0 Å². The highest BCUT2D eigenvalue weighted by Gasteiger charge is 2.17. The second-order valence-electron chi connectivity index (χ2n) is 4.08. The summed E-state index contributed by atoms with van der Waals surface area (Å²) in [6, 6.07) is 4.01. The molecule has 0 aliphatic rings. The predicted molar refractivity (Wildman–Crippen MR) is 68.1 cm³/mol. The van der Waals surface area contributed by atoms with E-state index in [4.69, 9.17) is 5.11 Å². The Morgan fingerprint density at radius 1 is 1.50 bits per heavy atom. The van der Waals surface area contributed by atoms with Gasteiger partial charge >= 0.3 is 0 Å². The predicted octanol–water partition coefficient (Wildman–Crippen LogP) is 1.53. The molecule has 20 heavy (non-hydrogen) atoms. The number of nitro benzene ring substituents is 1. The Morgan fingerprint density at radius 3 is 2.85 bits per heavy atom. The number of nitro groups is 1. The van der Waals surface area contributed by atoms with Crippen LogP contribution in [0.25, 0.3) is 11.0 Å². The largest absolute Gasteiger partial charge is 0.395 e. The van der Waals surface area contributed by atoms with Crippen molar-refractivity contribution >= 4 is 22.7 Å². The lowest BCUT2D eigenvalue weighted by molar-refractivity contribution is -0.384. The van der Waals surface area contributed by atoms with Gasteiger partial charge in [-0.1, -0.05) is 0 Å². The van der Waals surface area contributed by atoms with Crippen LogP contribution in [0.3, 0.4) is 0 Å². The fraction of sp³-hybridized carbons (Fsp3) is 0.364. The first-order valence-corrected chi connectivity index (χ1v) is 5.79. The van der Waals surface area contributed by atoms with Crippen molar-refractivity contribution in [1.82, 2.24) is 9.97 Å². The molecule has 2 aromatic rings. The van der Waals surface area contributed by atoms with E-state index in [2.05, 4.69) is 9.97 Å². The van der Waals surface area contributed by atoms with Gasteiger partial charge in [-0.3, -0.25) is 10.1 Å². The molecule has 7 nitrogen and oxygen atoms in total. The smallest absolute Gasteiger partial charge is 0.271 e. The molecule has 0 saturated heterocycles. The number of aliphatic hydroxyl groups is 1. The number of aliphatic hydroxyl groups excluding tert-OH is 1. The van der Waals surface area contributed by atoms with Crippen molar-refractivity contribution in [3.8, 4) is 0 Å². The van der Waals surface area contributed by atoms with E-state index >= 15 is 0 Å². The van der Waals surface area contributed by atoms with Crippen LogP contribution in [0.2, 0.25) is 0 Å². The highest BCUT2D eigenvalue weighted by atomic mass is 19.3. The van der Waals surface area contributed by atoms with Gasteiger partial charge in [0.15, 0.2) is 0 Å². The topological polar surface area (TPSA) is 95.3 Å². The number of hydrogen-bond acceptors (Lipinski definition) is 5.